The van der Waals surface area contributed by atoms with Gasteiger partial charge in [-0.3, -0.25) is 14.4 Å². The number of rotatable bonds is 12. The quantitative estimate of drug-likeness (QED) is 0.0959. The Morgan fingerprint density at radius 1 is 0.884 bits per heavy atom. The lowest BCUT2D eigenvalue weighted by atomic mass is 9.44. The van der Waals surface area contributed by atoms with Crippen LogP contribution in [-0.4, -0.2) is 117 Å². The third kappa shape index (κ3) is 9.42. The number of aliphatic hydroxyl groups is 3. The molecule has 3 aromatic rings. The van der Waals surface area contributed by atoms with Crippen LogP contribution in [-0.2, 0) is 54.0 Å². The molecule has 17 heteroatoms. The van der Waals surface area contributed by atoms with Crippen molar-refractivity contribution < 1.29 is 72.5 Å². The van der Waals surface area contributed by atoms with Gasteiger partial charge in [0.15, 0.2) is 17.5 Å². The Kier molecular flexibility index (Phi) is 14.1. The summed E-state index contributed by atoms with van der Waals surface area (Å²) in [6, 6.07) is 22.2. The van der Waals surface area contributed by atoms with Gasteiger partial charge in [0.25, 0.3) is 0 Å². The number of nitrogens with one attached hydrogen (secondary N) is 1. The van der Waals surface area contributed by atoms with E-state index in [1.165, 1.54) is 39.8 Å². The van der Waals surface area contributed by atoms with Crippen LogP contribution in [0.5, 0.6) is 0 Å². The van der Waals surface area contributed by atoms with Gasteiger partial charge in [-0.2, -0.15) is 0 Å². The molecule has 6 N–H and O–H groups in total. The molecule has 3 aliphatic carbocycles. The summed E-state index contributed by atoms with van der Waals surface area (Å²) in [5.41, 5.74) is -1.57. The maximum atomic E-state index is 15.7. The first-order valence-electron chi connectivity index (χ1n) is 23.0. The van der Waals surface area contributed by atoms with E-state index in [0.29, 0.717) is 5.56 Å². The molecule has 1 saturated heterocycles. The number of hydrogen-bond acceptors (Lipinski definition) is 16. The van der Waals surface area contributed by atoms with Crippen LogP contribution in [0.25, 0.3) is 0 Å². The Hall–Kier alpha value is -5.98. The van der Waals surface area contributed by atoms with Crippen LogP contribution in [0.4, 0.5) is 4.79 Å². The van der Waals surface area contributed by atoms with Crippen LogP contribution in [0.3, 0.4) is 0 Å². The van der Waals surface area contributed by atoms with Crippen LogP contribution in [0, 0.1) is 16.7 Å². The summed E-state index contributed by atoms with van der Waals surface area (Å²) >= 11 is 0. The zero-order valence-corrected chi connectivity index (χ0v) is 40.0. The molecule has 4 aliphatic rings. The highest BCUT2D eigenvalue weighted by Gasteiger charge is 2.78. The number of aliphatic hydroxyl groups excluding tert-OH is 2. The number of esters is 4. The Bertz CT molecular complexity index is 2470. The van der Waals surface area contributed by atoms with Crippen molar-refractivity contribution in [3.05, 3.63) is 119 Å². The molecule has 12 atom stereocenters. The molecule has 2 saturated carbocycles. The van der Waals surface area contributed by atoms with Crippen molar-refractivity contribution in [1.29, 1.82) is 0 Å². The number of Topliss-reactive ketones (excluding diaryl/α,β-unsaturated/α-hetero) is 1. The summed E-state index contributed by atoms with van der Waals surface area (Å²) in [6.45, 7) is 11.7. The van der Waals surface area contributed by atoms with Crippen molar-refractivity contribution >= 4 is 35.8 Å². The Labute approximate surface area is 400 Å². The average Bonchev–Trinajstić information content (AvgIpc) is 3.28. The van der Waals surface area contributed by atoms with Crippen LogP contribution >= 0.6 is 0 Å². The number of carbonyl (C=O) groups excluding carboxylic acids is 6. The van der Waals surface area contributed by atoms with Gasteiger partial charge in [-0.15, -0.1) is 0 Å². The summed E-state index contributed by atoms with van der Waals surface area (Å²) in [5, 5.41) is 40.8. The van der Waals surface area contributed by atoms with Crippen LogP contribution in [0.15, 0.2) is 102 Å². The van der Waals surface area contributed by atoms with Crippen molar-refractivity contribution in [2.75, 3.05) is 6.61 Å². The third-order valence-electron chi connectivity index (χ3n) is 14.4. The van der Waals surface area contributed by atoms with E-state index in [4.69, 9.17) is 34.2 Å². The molecule has 0 unspecified atom stereocenters. The molecular formula is C52H62N2O15. The molecule has 0 aromatic heterocycles. The predicted octanol–water partition coefficient (Wildman–Crippen LogP) is 4.38. The van der Waals surface area contributed by atoms with E-state index in [-0.39, 0.29) is 36.2 Å². The molecule has 1 amide bonds. The first kappa shape index (κ1) is 50.9. The minimum Gasteiger partial charge on any atom is -0.460 e. The highest BCUT2D eigenvalue weighted by atomic mass is 16.6. The molecule has 3 fully saturated rings. The normalized spacial score (nSPS) is 30.5. The summed E-state index contributed by atoms with van der Waals surface area (Å²) in [5.74, 6) is -6.54. The number of ketones is 1. The first-order chi connectivity index (χ1) is 32.4. The minimum atomic E-state index is -2.45. The third-order valence-corrected chi connectivity index (χ3v) is 14.4. The van der Waals surface area contributed by atoms with Crippen molar-refractivity contribution in [1.82, 2.24) is 5.32 Å². The highest BCUT2D eigenvalue weighted by Crippen LogP contribution is 2.64. The van der Waals surface area contributed by atoms with Gasteiger partial charge in [0.05, 0.1) is 29.5 Å². The Morgan fingerprint density at radius 2 is 1.48 bits per heavy atom. The minimum absolute atomic E-state index is 0.0425. The molecule has 3 aromatic carbocycles. The standard InChI is InChI=1S/C52H62N2O15/c1-28-34(65-46(61)40(57)38(31-20-14-10-15-21-31)54-47(62)69-48(3,4)5)26-52(63)43(67-44(59)32-22-16-11-17-23-32)41-50(8,42(58)39(56)37(28)49(52,6)7)35(25-36-51(41,27-64-36)68-29(2)55)66-45(60)33(53)24-30-18-12-9-13-19-30/h9-23,33-36,38-41,43,56-57,63H,24-27,53H2,1-8H3,(H,54,62)/t33-,34+,35+,36-,38+,39-,40-,41+,43+,50-,51+,52-/m1/s1. The number of amides is 1. The topological polar surface area (TPSA) is 257 Å². The average molecular weight is 955 g/mol. The van der Waals surface area contributed by atoms with E-state index in [1.54, 1.807) is 93.6 Å². The second-order valence-corrected chi connectivity index (χ2v) is 20.3. The summed E-state index contributed by atoms with van der Waals surface area (Å²) in [6.07, 6.45) is -11.9. The number of hydrogen-bond donors (Lipinski definition) is 5. The van der Waals surface area contributed by atoms with E-state index < -0.39 is 124 Å². The fourth-order valence-electron chi connectivity index (χ4n) is 10.9. The first-order valence-corrected chi connectivity index (χ1v) is 23.0. The monoisotopic (exact) mass is 954 g/mol. The van der Waals surface area contributed by atoms with Gasteiger partial charge in [0.1, 0.15) is 47.8 Å². The van der Waals surface area contributed by atoms with Gasteiger partial charge >= 0.3 is 30.0 Å². The lowest BCUT2D eigenvalue weighted by Crippen LogP contribution is -2.82. The molecule has 1 heterocycles. The van der Waals surface area contributed by atoms with E-state index in [9.17, 15) is 39.3 Å². The maximum Gasteiger partial charge on any atom is 0.408 e. The maximum absolute atomic E-state index is 15.7. The SMILES string of the molecule is CC(=O)O[C@@]12CO[C@@H]1C[C@H](OC(=O)[C@H](N)Cc1ccccc1)[C@@]1(C)C(=O)[C@H](O)C3=C(C)[C@@H](OC(=O)[C@H](O)[C@@H](NC(=O)OC(C)(C)C)c4ccccc4)C[C@@](O)([C@@H](OC(=O)c4ccccc4)[C@H]21)C3(C)C. The smallest absolute Gasteiger partial charge is 0.408 e. The van der Waals surface area contributed by atoms with Crippen molar-refractivity contribution in [2.45, 2.75) is 140 Å². The number of nitrogens with two attached hydrogens (primary N) is 1. The number of fused-ring (bicyclic) bond motifs is 5. The lowest BCUT2D eigenvalue weighted by Gasteiger charge is -2.67. The Balaban J connectivity index is 1.37. The molecule has 7 rings (SSSR count). The molecule has 69 heavy (non-hydrogen) atoms. The van der Waals surface area contributed by atoms with E-state index in [2.05, 4.69) is 5.32 Å². The van der Waals surface area contributed by atoms with Gasteiger partial charge in [-0.05, 0) is 75.4 Å². The van der Waals surface area contributed by atoms with Crippen molar-refractivity contribution in [3.8, 4) is 0 Å². The van der Waals surface area contributed by atoms with Gasteiger partial charge in [-0.25, -0.2) is 14.4 Å². The molecule has 370 valence electrons. The molecule has 2 bridgehead atoms. The summed E-state index contributed by atoms with van der Waals surface area (Å²) < 4.78 is 36.4. The molecular weight excluding hydrogens is 893 g/mol. The Morgan fingerprint density at radius 3 is 2.04 bits per heavy atom. The van der Waals surface area contributed by atoms with E-state index >= 15 is 4.79 Å². The summed E-state index contributed by atoms with van der Waals surface area (Å²) in [4.78, 5) is 85.0. The van der Waals surface area contributed by atoms with E-state index in [0.717, 1.165) is 12.5 Å². The second kappa shape index (κ2) is 19.1. The van der Waals surface area contributed by atoms with Gasteiger partial charge in [-0.1, -0.05) is 92.7 Å². The molecule has 1 aliphatic heterocycles. The molecule has 17 nitrogen and oxygen atoms in total. The summed E-state index contributed by atoms with van der Waals surface area (Å²) in [7, 11) is 0. The van der Waals surface area contributed by atoms with Gasteiger partial charge in [0, 0.05) is 25.2 Å². The fraction of sp³-hybridized carbons (Fsp3) is 0.500. The number of benzene rings is 3. The van der Waals surface area contributed by atoms with Gasteiger partial charge < -0.3 is 54.8 Å². The molecule has 0 spiro atoms. The predicted molar refractivity (Wildman–Crippen MR) is 246 cm³/mol. The largest absolute Gasteiger partial charge is 0.460 e. The number of carbonyl (C=O) groups is 6. The number of alkyl carbamates (subject to hydrolysis) is 1. The fourth-order valence-corrected chi connectivity index (χ4v) is 10.9. The van der Waals surface area contributed by atoms with Crippen LogP contribution in [0.2, 0.25) is 0 Å². The van der Waals surface area contributed by atoms with Gasteiger partial charge in [0.2, 0.25) is 0 Å². The van der Waals surface area contributed by atoms with Crippen molar-refractivity contribution in [3.63, 3.8) is 0 Å². The van der Waals surface area contributed by atoms with Crippen LogP contribution < -0.4 is 11.1 Å². The molecule has 0 radical (unpaired) electrons. The lowest BCUT2D eigenvalue weighted by molar-refractivity contribution is -0.346. The van der Waals surface area contributed by atoms with Crippen LogP contribution in [0.1, 0.15) is 95.8 Å². The highest BCUT2D eigenvalue weighted by molar-refractivity contribution is 5.94. The second-order valence-electron chi connectivity index (χ2n) is 20.3. The zero-order valence-electron chi connectivity index (χ0n) is 40.0. The number of ether oxygens (including phenoxy) is 6. The zero-order chi connectivity index (χ0) is 50.4. The van der Waals surface area contributed by atoms with E-state index in [1.807, 2.05) is 6.07 Å². The van der Waals surface area contributed by atoms with Crippen molar-refractivity contribution in [2.24, 2.45) is 22.5 Å².